The maximum Gasteiger partial charge on any atom is -0.0443 e. The topological polar surface area (TPSA) is 0 Å². The van der Waals surface area contributed by atoms with Gasteiger partial charge in [-0.3, -0.25) is 0 Å². The van der Waals surface area contributed by atoms with Gasteiger partial charge in [0.2, 0.25) is 0 Å². The quantitative estimate of drug-likeness (QED) is 0.472. The summed E-state index contributed by atoms with van der Waals surface area (Å²) in [5.41, 5.74) is 0. The first kappa shape index (κ1) is 13.0. The van der Waals surface area contributed by atoms with Gasteiger partial charge in [0.1, 0.15) is 0 Å². The fraction of sp³-hybridized carbons (Fsp3) is 0.923. The number of hydrogen-bond donors (Lipinski definition) is 0. The second-order valence-electron chi connectivity index (χ2n) is 4.64. The zero-order valence-corrected chi connectivity index (χ0v) is 9.81. The molecule has 2 atom stereocenters. The summed E-state index contributed by atoms with van der Waals surface area (Å²) in [4.78, 5) is 0. The molecule has 0 saturated heterocycles. The first-order valence-electron chi connectivity index (χ1n) is 5.99. The van der Waals surface area contributed by atoms with Crippen LogP contribution in [0.2, 0.25) is 0 Å². The normalized spacial score (nSPS) is 13.6. The van der Waals surface area contributed by atoms with Gasteiger partial charge < -0.3 is 0 Å². The van der Waals surface area contributed by atoms with Gasteiger partial charge in [-0.15, -0.1) is 0 Å². The lowest BCUT2D eigenvalue weighted by Gasteiger charge is -2.11. The molecule has 0 nitrogen and oxygen atoms in total. The van der Waals surface area contributed by atoms with Crippen LogP contribution in [0.5, 0.6) is 0 Å². The second kappa shape index (κ2) is 8.59. The van der Waals surface area contributed by atoms with E-state index in [2.05, 4.69) is 27.7 Å². The van der Waals surface area contributed by atoms with E-state index in [0.717, 1.165) is 5.92 Å². The smallest absolute Gasteiger partial charge is 0.0443 e. The van der Waals surface area contributed by atoms with Gasteiger partial charge in [0.25, 0.3) is 0 Å². The Kier molecular flexibility index (Phi) is 8.59. The van der Waals surface area contributed by atoms with E-state index in [-0.39, 0.29) is 0 Å². The van der Waals surface area contributed by atoms with Crippen LogP contribution >= 0.6 is 0 Å². The van der Waals surface area contributed by atoms with Crippen molar-refractivity contribution in [3.05, 3.63) is 6.92 Å². The first-order valence-corrected chi connectivity index (χ1v) is 5.99. The molecule has 13 heavy (non-hydrogen) atoms. The number of unbranched alkanes of at least 4 members (excludes halogenated alkanes) is 2. The predicted octanol–water partition coefficient (Wildman–Crippen LogP) is 4.84. The SMILES string of the molecule is [CH2]C(C)CCCC(C)CCCCC. The molecule has 0 aliphatic heterocycles. The third kappa shape index (κ3) is 9.92. The number of hydrogen-bond acceptors (Lipinski definition) is 0. The van der Waals surface area contributed by atoms with Crippen molar-refractivity contribution in [1.82, 2.24) is 0 Å². The van der Waals surface area contributed by atoms with E-state index in [4.69, 9.17) is 0 Å². The molecule has 0 amide bonds. The van der Waals surface area contributed by atoms with Crippen molar-refractivity contribution >= 4 is 0 Å². The summed E-state index contributed by atoms with van der Waals surface area (Å²) in [5, 5.41) is 0. The molecule has 0 heteroatoms. The van der Waals surface area contributed by atoms with E-state index in [9.17, 15) is 0 Å². The maximum absolute atomic E-state index is 4.01. The molecule has 0 fully saturated rings. The monoisotopic (exact) mass is 183 g/mol. The largest absolute Gasteiger partial charge is 0.0654 e. The van der Waals surface area contributed by atoms with E-state index >= 15 is 0 Å². The molecule has 0 saturated carbocycles. The zero-order valence-electron chi connectivity index (χ0n) is 9.81. The molecule has 0 N–H and O–H groups in total. The first-order chi connectivity index (χ1) is 6.16. The van der Waals surface area contributed by atoms with Crippen LogP contribution in [-0.4, -0.2) is 0 Å². The molecular formula is C13H27. The summed E-state index contributed by atoms with van der Waals surface area (Å²) in [6, 6.07) is 0. The Hall–Kier alpha value is 0. The van der Waals surface area contributed by atoms with E-state index in [1.54, 1.807) is 0 Å². The van der Waals surface area contributed by atoms with Crippen molar-refractivity contribution in [2.45, 2.75) is 65.7 Å². The average Bonchev–Trinajstić information content (AvgIpc) is 2.04. The molecule has 0 bridgehead atoms. The Bertz CT molecular complexity index is 94.2. The van der Waals surface area contributed by atoms with Gasteiger partial charge in [0, 0.05) is 0 Å². The van der Waals surface area contributed by atoms with Crippen LogP contribution < -0.4 is 0 Å². The molecule has 1 radical (unpaired) electrons. The highest BCUT2D eigenvalue weighted by Gasteiger charge is 2.02. The Morgan fingerprint density at radius 1 is 0.923 bits per heavy atom. The standard InChI is InChI=1S/C13H27/c1-5-6-7-10-13(4)11-8-9-12(2)3/h12-13H,2,5-11H2,1,3-4H3. The molecule has 0 aromatic heterocycles. The van der Waals surface area contributed by atoms with Crippen LogP contribution in [0.15, 0.2) is 0 Å². The van der Waals surface area contributed by atoms with E-state index in [1.165, 1.54) is 44.9 Å². The van der Waals surface area contributed by atoms with Gasteiger partial charge in [-0.25, -0.2) is 0 Å². The van der Waals surface area contributed by atoms with E-state index < -0.39 is 0 Å². The van der Waals surface area contributed by atoms with Gasteiger partial charge in [-0.1, -0.05) is 72.6 Å². The highest BCUT2D eigenvalue weighted by molar-refractivity contribution is 4.58. The third-order valence-electron chi connectivity index (χ3n) is 2.69. The maximum atomic E-state index is 4.01. The minimum atomic E-state index is 0.642. The van der Waals surface area contributed by atoms with Crippen LogP contribution in [0, 0.1) is 18.8 Å². The fourth-order valence-corrected chi connectivity index (χ4v) is 1.70. The minimum absolute atomic E-state index is 0.642. The van der Waals surface area contributed by atoms with Crippen molar-refractivity contribution in [2.75, 3.05) is 0 Å². The fourth-order valence-electron chi connectivity index (χ4n) is 1.70. The lowest BCUT2D eigenvalue weighted by atomic mass is 9.95. The molecule has 0 aliphatic rings. The van der Waals surface area contributed by atoms with Crippen molar-refractivity contribution in [3.63, 3.8) is 0 Å². The van der Waals surface area contributed by atoms with Crippen molar-refractivity contribution < 1.29 is 0 Å². The molecular weight excluding hydrogens is 156 g/mol. The lowest BCUT2D eigenvalue weighted by molar-refractivity contribution is 0.429. The van der Waals surface area contributed by atoms with Gasteiger partial charge in [-0.2, -0.15) is 0 Å². The summed E-state index contributed by atoms with van der Waals surface area (Å²) < 4.78 is 0. The summed E-state index contributed by atoms with van der Waals surface area (Å²) in [6.45, 7) is 10.9. The van der Waals surface area contributed by atoms with Crippen molar-refractivity contribution in [2.24, 2.45) is 11.8 Å². The minimum Gasteiger partial charge on any atom is -0.0654 e. The molecule has 0 aliphatic carbocycles. The molecule has 0 spiro atoms. The predicted molar refractivity (Wildman–Crippen MR) is 61.7 cm³/mol. The molecule has 0 aromatic carbocycles. The van der Waals surface area contributed by atoms with Crippen LogP contribution in [0.3, 0.4) is 0 Å². The van der Waals surface area contributed by atoms with Crippen LogP contribution in [0.25, 0.3) is 0 Å². The molecule has 0 rings (SSSR count). The van der Waals surface area contributed by atoms with Gasteiger partial charge in [-0.05, 0) is 11.8 Å². The third-order valence-corrected chi connectivity index (χ3v) is 2.69. The Balaban J connectivity index is 3.15. The Labute approximate surface area is 85.1 Å². The average molecular weight is 183 g/mol. The summed E-state index contributed by atoms with van der Waals surface area (Å²) in [6.07, 6.45) is 9.70. The summed E-state index contributed by atoms with van der Waals surface area (Å²) in [5.74, 6) is 1.58. The lowest BCUT2D eigenvalue weighted by Crippen LogP contribution is -1.96. The number of rotatable bonds is 8. The van der Waals surface area contributed by atoms with Crippen LogP contribution in [0.4, 0.5) is 0 Å². The Morgan fingerprint density at radius 2 is 1.54 bits per heavy atom. The molecule has 0 aromatic rings. The summed E-state index contributed by atoms with van der Waals surface area (Å²) >= 11 is 0. The highest BCUT2D eigenvalue weighted by Crippen LogP contribution is 2.17. The van der Waals surface area contributed by atoms with Gasteiger partial charge >= 0.3 is 0 Å². The van der Waals surface area contributed by atoms with Crippen molar-refractivity contribution in [3.8, 4) is 0 Å². The zero-order chi connectivity index (χ0) is 10.1. The van der Waals surface area contributed by atoms with Gasteiger partial charge in [0.05, 0.1) is 0 Å². The van der Waals surface area contributed by atoms with Gasteiger partial charge in [0.15, 0.2) is 0 Å². The van der Waals surface area contributed by atoms with E-state index in [1.807, 2.05) is 0 Å². The molecule has 2 unspecified atom stereocenters. The molecule has 79 valence electrons. The Morgan fingerprint density at radius 3 is 2.08 bits per heavy atom. The van der Waals surface area contributed by atoms with Crippen LogP contribution in [0.1, 0.15) is 65.7 Å². The van der Waals surface area contributed by atoms with Crippen LogP contribution in [-0.2, 0) is 0 Å². The summed E-state index contributed by atoms with van der Waals surface area (Å²) in [7, 11) is 0. The second-order valence-corrected chi connectivity index (χ2v) is 4.64. The van der Waals surface area contributed by atoms with Crippen molar-refractivity contribution in [1.29, 1.82) is 0 Å². The highest BCUT2D eigenvalue weighted by atomic mass is 14.1. The van der Waals surface area contributed by atoms with E-state index in [0.29, 0.717) is 5.92 Å². The molecule has 0 heterocycles.